The number of fused-ring (bicyclic) bond motifs is 1. The molecule has 1 aromatic rings. The fraction of sp³-hybridized carbons (Fsp3) is 0.733. The molecule has 0 radical (unpaired) electrons. The Morgan fingerprint density at radius 1 is 1.09 bits per heavy atom. The second-order valence-electron chi connectivity index (χ2n) is 5.90. The minimum Gasteiger partial charge on any atom is -0.492 e. The fourth-order valence-electron chi connectivity index (χ4n) is 3.23. The number of unbranched alkanes of at least 4 members (excludes halogenated alkanes) is 1. The predicted molar refractivity (Wildman–Crippen MR) is 83.7 cm³/mol. The molecule has 1 aromatic heterocycles. The predicted octanol–water partition coefficient (Wildman–Crippen LogP) is 2.85. The summed E-state index contributed by atoms with van der Waals surface area (Å²) in [6.45, 7) is 5.91. The summed E-state index contributed by atoms with van der Waals surface area (Å²) in [6.07, 6.45) is 3.70. The highest BCUT2D eigenvalue weighted by molar-refractivity contribution is 7.86. The van der Waals surface area contributed by atoms with Crippen LogP contribution in [0.3, 0.4) is 0 Å². The van der Waals surface area contributed by atoms with Gasteiger partial charge in [0.25, 0.3) is 0 Å². The van der Waals surface area contributed by atoms with Crippen molar-refractivity contribution in [3.63, 3.8) is 0 Å². The Labute approximate surface area is 131 Å². The Hall–Kier alpha value is -1.37. The van der Waals surface area contributed by atoms with Crippen molar-refractivity contribution in [1.82, 2.24) is 4.73 Å². The first-order chi connectivity index (χ1) is 10.4. The quantitative estimate of drug-likeness (QED) is 0.802. The molecule has 126 valence electrons. The van der Waals surface area contributed by atoms with Gasteiger partial charge in [0, 0.05) is 11.1 Å². The standard InChI is InChI=1S/C15H25NO5S/c1-4-7-8-22(19,20)21-16-14(17)12-10(5-2)9-11(6-3)13(12)15(16)18/h10-11,17-18H,4-9H2,1-3H3. The summed E-state index contributed by atoms with van der Waals surface area (Å²) in [4.78, 5) is 0. The highest BCUT2D eigenvalue weighted by atomic mass is 32.2. The highest BCUT2D eigenvalue weighted by Gasteiger charge is 2.39. The van der Waals surface area contributed by atoms with Crippen LogP contribution in [0, 0.1) is 0 Å². The van der Waals surface area contributed by atoms with Crippen molar-refractivity contribution >= 4 is 10.1 Å². The molecule has 0 bridgehead atoms. The number of hydrogen-bond acceptors (Lipinski definition) is 5. The lowest BCUT2D eigenvalue weighted by atomic mass is 9.97. The zero-order chi connectivity index (χ0) is 16.5. The van der Waals surface area contributed by atoms with Crippen LogP contribution in [-0.2, 0) is 10.1 Å². The Bertz CT molecular complexity index is 601. The lowest BCUT2D eigenvalue weighted by molar-refractivity contribution is 0.199. The van der Waals surface area contributed by atoms with Gasteiger partial charge >= 0.3 is 10.1 Å². The first-order valence-electron chi connectivity index (χ1n) is 7.95. The van der Waals surface area contributed by atoms with E-state index in [1.165, 1.54) is 0 Å². The van der Waals surface area contributed by atoms with E-state index in [-0.39, 0.29) is 29.3 Å². The van der Waals surface area contributed by atoms with Crippen molar-refractivity contribution in [2.24, 2.45) is 0 Å². The lowest BCUT2D eigenvalue weighted by Gasteiger charge is -2.13. The van der Waals surface area contributed by atoms with E-state index in [4.69, 9.17) is 4.28 Å². The maximum atomic E-state index is 11.9. The first-order valence-corrected chi connectivity index (χ1v) is 9.52. The maximum absolute atomic E-state index is 11.9. The number of hydrogen-bond donors (Lipinski definition) is 2. The van der Waals surface area contributed by atoms with Crippen molar-refractivity contribution < 1.29 is 22.9 Å². The number of nitrogens with zero attached hydrogens (tertiary/aromatic N) is 1. The van der Waals surface area contributed by atoms with Crippen LogP contribution in [0.25, 0.3) is 0 Å². The van der Waals surface area contributed by atoms with E-state index in [0.717, 1.165) is 25.7 Å². The van der Waals surface area contributed by atoms with Crippen LogP contribution in [0.2, 0.25) is 0 Å². The van der Waals surface area contributed by atoms with Crippen LogP contribution in [0.15, 0.2) is 0 Å². The van der Waals surface area contributed by atoms with E-state index >= 15 is 0 Å². The monoisotopic (exact) mass is 331 g/mol. The van der Waals surface area contributed by atoms with Crippen LogP contribution in [-0.4, -0.2) is 29.1 Å². The van der Waals surface area contributed by atoms with E-state index in [1.807, 2.05) is 20.8 Å². The van der Waals surface area contributed by atoms with Crippen molar-refractivity contribution in [3.05, 3.63) is 11.1 Å². The molecule has 6 nitrogen and oxygen atoms in total. The number of aromatic nitrogens is 1. The Kier molecular flexibility index (Phi) is 4.94. The minimum absolute atomic E-state index is 0.119. The van der Waals surface area contributed by atoms with Gasteiger partial charge in [0.1, 0.15) is 0 Å². The van der Waals surface area contributed by atoms with Gasteiger partial charge in [-0.25, -0.2) is 0 Å². The Balaban J connectivity index is 2.40. The van der Waals surface area contributed by atoms with Crippen LogP contribution >= 0.6 is 0 Å². The summed E-state index contributed by atoms with van der Waals surface area (Å²) < 4.78 is 29.5. The Morgan fingerprint density at radius 3 is 2.00 bits per heavy atom. The van der Waals surface area contributed by atoms with Gasteiger partial charge in [0.2, 0.25) is 11.8 Å². The van der Waals surface area contributed by atoms with Crippen LogP contribution in [0.4, 0.5) is 0 Å². The minimum atomic E-state index is -3.83. The molecule has 22 heavy (non-hydrogen) atoms. The normalized spacial score (nSPS) is 21.0. The second-order valence-corrected chi connectivity index (χ2v) is 7.58. The van der Waals surface area contributed by atoms with Crippen LogP contribution in [0.1, 0.15) is 75.8 Å². The van der Waals surface area contributed by atoms with E-state index in [2.05, 4.69) is 0 Å². The van der Waals surface area contributed by atoms with Gasteiger partial charge in [-0.15, -0.1) is 0 Å². The molecule has 2 rings (SSSR count). The molecular weight excluding hydrogens is 306 g/mol. The van der Waals surface area contributed by atoms with Gasteiger partial charge in [-0.05, 0) is 37.5 Å². The van der Waals surface area contributed by atoms with Crippen molar-refractivity contribution in [3.8, 4) is 11.8 Å². The van der Waals surface area contributed by atoms with E-state index < -0.39 is 10.1 Å². The molecule has 2 unspecified atom stereocenters. The van der Waals surface area contributed by atoms with Gasteiger partial charge < -0.3 is 10.2 Å². The molecule has 2 N–H and O–H groups in total. The average molecular weight is 331 g/mol. The summed E-state index contributed by atoms with van der Waals surface area (Å²) in [5, 5.41) is 20.7. The third-order valence-electron chi connectivity index (χ3n) is 4.46. The fourth-order valence-corrected chi connectivity index (χ4v) is 4.31. The molecular formula is C15H25NO5S. The van der Waals surface area contributed by atoms with Crippen LogP contribution in [0.5, 0.6) is 11.8 Å². The first kappa shape index (κ1) is 17.0. The SMILES string of the molecule is CCCCS(=O)(=O)On1c(O)c2c(c1O)C(CC)CC2CC. The summed E-state index contributed by atoms with van der Waals surface area (Å²) in [6, 6.07) is 0. The molecule has 0 spiro atoms. The molecule has 1 heterocycles. The number of rotatable bonds is 7. The molecule has 0 fully saturated rings. The van der Waals surface area contributed by atoms with E-state index in [0.29, 0.717) is 22.3 Å². The Morgan fingerprint density at radius 2 is 1.59 bits per heavy atom. The summed E-state index contributed by atoms with van der Waals surface area (Å²) in [7, 11) is -3.83. The summed E-state index contributed by atoms with van der Waals surface area (Å²) >= 11 is 0. The molecule has 1 aliphatic rings. The molecule has 0 aromatic carbocycles. The van der Waals surface area contributed by atoms with E-state index in [1.54, 1.807) is 0 Å². The molecule has 1 aliphatic carbocycles. The molecule has 0 saturated carbocycles. The summed E-state index contributed by atoms with van der Waals surface area (Å²) in [5.74, 6) is -0.464. The van der Waals surface area contributed by atoms with Crippen molar-refractivity contribution in [2.75, 3.05) is 5.75 Å². The smallest absolute Gasteiger partial charge is 0.327 e. The maximum Gasteiger partial charge on any atom is 0.327 e. The van der Waals surface area contributed by atoms with E-state index in [9.17, 15) is 18.6 Å². The van der Waals surface area contributed by atoms with Gasteiger partial charge in [0.15, 0.2) is 0 Å². The van der Waals surface area contributed by atoms with Gasteiger partial charge in [0.05, 0.1) is 5.75 Å². The molecule has 7 heteroatoms. The zero-order valence-corrected chi connectivity index (χ0v) is 14.2. The molecule has 2 atom stereocenters. The van der Waals surface area contributed by atoms with Gasteiger partial charge in [-0.1, -0.05) is 31.9 Å². The molecule has 0 amide bonds. The van der Waals surface area contributed by atoms with Crippen LogP contribution < -0.4 is 4.28 Å². The van der Waals surface area contributed by atoms with Gasteiger partial charge in [-0.3, -0.25) is 4.28 Å². The lowest BCUT2D eigenvalue weighted by Crippen LogP contribution is -2.22. The largest absolute Gasteiger partial charge is 0.492 e. The third-order valence-corrected chi connectivity index (χ3v) is 5.63. The molecule has 0 saturated heterocycles. The number of aromatic hydroxyl groups is 2. The summed E-state index contributed by atoms with van der Waals surface area (Å²) in [5.41, 5.74) is 1.27. The topological polar surface area (TPSA) is 88.8 Å². The second kappa shape index (κ2) is 6.40. The van der Waals surface area contributed by atoms with Crippen molar-refractivity contribution in [2.45, 2.75) is 64.7 Å². The third kappa shape index (κ3) is 2.91. The zero-order valence-electron chi connectivity index (χ0n) is 13.4. The highest BCUT2D eigenvalue weighted by Crippen LogP contribution is 2.53. The average Bonchev–Trinajstić information content (AvgIpc) is 2.97. The van der Waals surface area contributed by atoms with Gasteiger partial charge in [-0.2, -0.15) is 8.42 Å². The van der Waals surface area contributed by atoms with Crippen molar-refractivity contribution in [1.29, 1.82) is 0 Å². The molecule has 0 aliphatic heterocycles.